The molecule has 0 saturated carbocycles. The van der Waals surface area contributed by atoms with Crippen molar-refractivity contribution in [3.63, 3.8) is 0 Å². The number of nitrogens with one attached hydrogen (secondary N) is 1. The smallest absolute Gasteiger partial charge is 0.106 e. The standard InChI is InChI=1S/C11H19N3O2/c1-14-10(3-5-13-14)7-12-8-11(15-2)4-6-16-9-11/h3,5,12H,4,6-9H2,1-2H3. The van der Waals surface area contributed by atoms with Crippen LogP contribution in [0.15, 0.2) is 12.3 Å². The molecule has 0 spiro atoms. The van der Waals surface area contributed by atoms with Crippen molar-refractivity contribution in [2.75, 3.05) is 26.9 Å². The van der Waals surface area contributed by atoms with Crippen LogP contribution in [0.3, 0.4) is 0 Å². The third kappa shape index (κ3) is 2.42. The normalized spacial score (nSPS) is 25.1. The van der Waals surface area contributed by atoms with Crippen molar-refractivity contribution in [1.82, 2.24) is 15.1 Å². The lowest BCUT2D eigenvalue weighted by Gasteiger charge is -2.25. The molecule has 0 aliphatic carbocycles. The molecule has 1 N–H and O–H groups in total. The predicted molar refractivity (Wildman–Crippen MR) is 60.1 cm³/mol. The van der Waals surface area contributed by atoms with Gasteiger partial charge < -0.3 is 14.8 Å². The Morgan fingerprint density at radius 2 is 2.56 bits per heavy atom. The van der Waals surface area contributed by atoms with Crippen molar-refractivity contribution in [3.05, 3.63) is 18.0 Å². The van der Waals surface area contributed by atoms with Crippen LogP contribution >= 0.6 is 0 Å². The van der Waals surface area contributed by atoms with Crippen LogP contribution in [0.2, 0.25) is 0 Å². The van der Waals surface area contributed by atoms with E-state index in [2.05, 4.69) is 10.4 Å². The quantitative estimate of drug-likeness (QED) is 0.784. The zero-order valence-corrected chi connectivity index (χ0v) is 9.90. The average Bonchev–Trinajstić information content (AvgIpc) is 2.90. The number of aromatic nitrogens is 2. The van der Waals surface area contributed by atoms with Gasteiger partial charge in [-0.1, -0.05) is 0 Å². The number of nitrogens with zero attached hydrogens (tertiary/aromatic N) is 2. The fourth-order valence-corrected chi connectivity index (χ4v) is 1.95. The minimum atomic E-state index is -0.140. The van der Waals surface area contributed by atoms with E-state index in [0.717, 1.165) is 26.1 Å². The molecule has 90 valence electrons. The number of methoxy groups -OCH3 is 1. The highest BCUT2D eigenvalue weighted by Gasteiger charge is 2.34. The highest BCUT2D eigenvalue weighted by Crippen LogP contribution is 2.21. The van der Waals surface area contributed by atoms with E-state index in [1.165, 1.54) is 5.69 Å². The molecule has 2 rings (SSSR count). The van der Waals surface area contributed by atoms with Gasteiger partial charge in [0.15, 0.2) is 0 Å². The zero-order chi connectivity index (χ0) is 11.4. The molecule has 16 heavy (non-hydrogen) atoms. The summed E-state index contributed by atoms with van der Waals surface area (Å²) in [6.45, 7) is 3.10. The molecule has 2 heterocycles. The fourth-order valence-electron chi connectivity index (χ4n) is 1.95. The van der Waals surface area contributed by atoms with E-state index in [0.29, 0.717) is 6.61 Å². The minimum absolute atomic E-state index is 0.140. The SMILES string of the molecule is COC1(CNCc2ccnn2C)CCOC1. The van der Waals surface area contributed by atoms with Gasteiger partial charge in [-0.2, -0.15) is 5.10 Å². The van der Waals surface area contributed by atoms with Crippen molar-refractivity contribution in [2.45, 2.75) is 18.6 Å². The first kappa shape index (κ1) is 11.6. The Balaban J connectivity index is 1.81. The van der Waals surface area contributed by atoms with E-state index in [4.69, 9.17) is 9.47 Å². The van der Waals surface area contributed by atoms with E-state index >= 15 is 0 Å². The topological polar surface area (TPSA) is 48.3 Å². The Hall–Kier alpha value is -0.910. The molecule has 5 nitrogen and oxygen atoms in total. The average molecular weight is 225 g/mol. The Bertz CT molecular complexity index is 332. The number of ether oxygens (including phenoxy) is 2. The third-order valence-corrected chi connectivity index (χ3v) is 3.18. The summed E-state index contributed by atoms with van der Waals surface area (Å²) in [4.78, 5) is 0. The summed E-state index contributed by atoms with van der Waals surface area (Å²) in [6, 6.07) is 2.01. The van der Waals surface area contributed by atoms with Crippen LogP contribution in [0.1, 0.15) is 12.1 Å². The molecule has 1 unspecified atom stereocenters. The molecule has 1 aromatic heterocycles. The highest BCUT2D eigenvalue weighted by atomic mass is 16.5. The van der Waals surface area contributed by atoms with E-state index in [1.807, 2.05) is 24.0 Å². The summed E-state index contributed by atoms with van der Waals surface area (Å²) >= 11 is 0. The van der Waals surface area contributed by atoms with Gasteiger partial charge in [0.2, 0.25) is 0 Å². The predicted octanol–water partition coefficient (Wildman–Crippen LogP) is 0.315. The van der Waals surface area contributed by atoms with Gasteiger partial charge in [-0.3, -0.25) is 4.68 Å². The van der Waals surface area contributed by atoms with E-state index < -0.39 is 0 Å². The summed E-state index contributed by atoms with van der Waals surface area (Å²) < 4.78 is 12.8. The first-order valence-electron chi connectivity index (χ1n) is 5.56. The first-order chi connectivity index (χ1) is 7.76. The van der Waals surface area contributed by atoms with Gasteiger partial charge >= 0.3 is 0 Å². The van der Waals surface area contributed by atoms with E-state index in [9.17, 15) is 0 Å². The van der Waals surface area contributed by atoms with Crippen LogP contribution in [0.4, 0.5) is 0 Å². The lowest BCUT2D eigenvalue weighted by atomic mass is 10.0. The maximum atomic E-state index is 5.54. The summed E-state index contributed by atoms with van der Waals surface area (Å²) in [6.07, 6.45) is 2.77. The Morgan fingerprint density at radius 3 is 3.12 bits per heavy atom. The van der Waals surface area contributed by atoms with Crippen molar-refractivity contribution in [2.24, 2.45) is 7.05 Å². The number of hydrogen-bond donors (Lipinski definition) is 1. The van der Waals surface area contributed by atoms with Crippen LogP contribution in [-0.2, 0) is 23.1 Å². The fraction of sp³-hybridized carbons (Fsp3) is 0.727. The molecule has 1 fully saturated rings. The zero-order valence-electron chi connectivity index (χ0n) is 9.90. The van der Waals surface area contributed by atoms with Gasteiger partial charge in [-0.05, 0) is 6.07 Å². The number of rotatable bonds is 5. The van der Waals surface area contributed by atoms with Crippen molar-refractivity contribution in [1.29, 1.82) is 0 Å². The third-order valence-electron chi connectivity index (χ3n) is 3.18. The lowest BCUT2D eigenvalue weighted by Crippen LogP contribution is -2.42. The van der Waals surface area contributed by atoms with Crippen LogP contribution < -0.4 is 5.32 Å². The van der Waals surface area contributed by atoms with Gasteiger partial charge in [0.25, 0.3) is 0 Å². The maximum absolute atomic E-state index is 5.54. The summed E-state index contributed by atoms with van der Waals surface area (Å²) in [5.41, 5.74) is 1.03. The summed E-state index contributed by atoms with van der Waals surface area (Å²) in [7, 11) is 3.70. The maximum Gasteiger partial charge on any atom is 0.106 e. The molecule has 0 radical (unpaired) electrons. The van der Waals surface area contributed by atoms with Gasteiger partial charge in [0, 0.05) is 46.5 Å². The van der Waals surface area contributed by atoms with Gasteiger partial charge in [0.1, 0.15) is 5.60 Å². The molecule has 1 saturated heterocycles. The Labute approximate surface area is 95.7 Å². The van der Waals surface area contributed by atoms with Crippen LogP contribution in [-0.4, -0.2) is 42.2 Å². The second-order valence-corrected chi connectivity index (χ2v) is 4.24. The van der Waals surface area contributed by atoms with Gasteiger partial charge in [0.05, 0.1) is 12.3 Å². The van der Waals surface area contributed by atoms with E-state index in [-0.39, 0.29) is 5.60 Å². The summed E-state index contributed by atoms with van der Waals surface area (Å²) in [5.74, 6) is 0. The second kappa shape index (κ2) is 4.95. The minimum Gasteiger partial charge on any atom is -0.378 e. The van der Waals surface area contributed by atoms with Gasteiger partial charge in [-0.25, -0.2) is 0 Å². The first-order valence-corrected chi connectivity index (χ1v) is 5.56. The monoisotopic (exact) mass is 225 g/mol. The lowest BCUT2D eigenvalue weighted by molar-refractivity contribution is -0.0160. The molecule has 1 aliphatic heterocycles. The van der Waals surface area contributed by atoms with Crippen molar-refractivity contribution >= 4 is 0 Å². The molecule has 1 aliphatic rings. The Kier molecular flexibility index (Phi) is 3.58. The molecule has 5 heteroatoms. The van der Waals surface area contributed by atoms with Gasteiger partial charge in [-0.15, -0.1) is 0 Å². The van der Waals surface area contributed by atoms with Crippen LogP contribution in [0, 0.1) is 0 Å². The number of aryl methyl sites for hydroxylation is 1. The largest absolute Gasteiger partial charge is 0.378 e. The highest BCUT2D eigenvalue weighted by molar-refractivity contribution is 4.99. The molecular formula is C11H19N3O2. The van der Waals surface area contributed by atoms with Crippen LogP contribution in [0.5, 0.6) is 0 Å². The molecular weight excluding hydrogens is 206 g/mol. The molecule has 0 amide bonds. The van der Waals surface area contributed by atoms with Crippen molar-refractivity contribution < 1.29 is 9.47 Å². The van der Waals surface area contributed by atoms with Crippen LogP contribution in [0.25, 0.3) is 0 Å². The van der Waals surface area contributed by atoms with E-state index in [1.54, 1.807) is 7.11 Å². The Morgan fingerprint density at radius 1 is 1.69 bits per heavy atom. The second-order valence-electron chi connectivity index (χ2n) is 4.24. The molecule has 1 atom stereocenters. The molecule has 1 aromatic rings. The summed E-state index contributed by atoms with van der Waals surface area (Å²) in [5, 5.41) is 7.52. The van der Waals surface area contributed by atoms with Crippen molar-refractivity contribution in [3.8, 4) is 0 Å². The molecule has 0 bridgehead atoms. The number of hydrogen-bond acceptors (Lipinski definition) is 4. The molecule has 0 aromatic carbocycles.